The summed E-state index contributed by atoms with van der Waals surface area (Å²) in [5.41, 5.74) is 2.95. The zero-order chi connectivity index (χ0) is 36.3. The molecule has 11 nitrogen and oxygen atoms in total. The van der Waals surface area contributed by atoms with Crippen LogP contribution in [-0.4, -0.2) is 54.5 Å². The van der Waals surface area contributed by atoms with Crippen LogP contribution in [0.4, 0.5) is 11.4 Å². The Hall–Kier alpha value is -5.24. The van der Waals surface area contributed by atoms with Crippen LogP contribution in [-0.2, 0) is 19.6 Å². The van der Waals surface area contributed by atoms with Gasteiger partial charge in [0.1, 0.15) is 6.04 Å². The zero-order valence-corrected chi connectivity index (χ0v) is 30.1. The molecule has 0 fully saturated rings. The van der Waals surface area contributed by atoms with Crippen molar-refractivity contribution in [1.29, 1.82) is 0 Å². The minimum atomic E-state index is -3.86. The van der Waals surface area contributed by atoms with Gasteiger partial charge in [-0.25, -0.2) is 13.1 Å². The number of para-hydroxylation sites is 2. The minimum absolute atomic E-state index is 0.0140. The first-order valence-corrected chi connectivity index (χ1v) is 18.5. The summed E-state index contributed by atoms with van der Waals surface area (Å²) in [6.07, 6.45) is 1.92. The number of nitrogens with zero attached hydrogens (tertiary/aromatic N) is 2. The lowest BCUT2D eigenvalue weighted by Gasteiger charge is -2.34. The second kappa shape index (κ2) is 14.9. The summed E-state index contributed by atoms with van der Waals surface area (Å²) in [6, 6.07) is 25.5. The highest BCUT2D eigenvalue weighted by molar-refractivity contribution is 9.10. The monoisotopic (exact) mass is 767 g/mol. The molecule has 5 aromatic rings. The van der Waals surface area contributed by atoms with Gasteiger partial charge in [0.2, 0.25) is 21.8 Å². The van der Waals surface area contributed by atoms with Crippen LogP contribution in [0.2, 0.25) is 0 Å². The lowest BCUT2D eigenvalue weighted by atomic mass is 9.84. The number of aromatic nitrogens is 1. The summed E-state index contributed by atoms with van der Waals surface area (Å²) < 4.78 is 29.4. The van der Waals surface area contributed by atoms with E-state index in [4.69, 9.17) is 0 Å². The first kappa shape index (κ1) is 35.6. The predicted molar refractivity (Wildman–Crippen MR) is 198 cm³/mol. The maximum atomic E-state index is 14.7. The van der Waals surface area contributed by atoms with Crippen molar-refractivity contribution in [3.63, 3.8) is 0 Å². The van der Waals surface area contributed by atoms with Gasteiger partial charge in [0.15, 0.2) is 0 Å². The van der Waals surface area contributed by atoms with Crippen molar-refractivity contribution in [3.05, 3.63) is 130 Å². The van der Waals surface area contributed by atoms with Gasteiger partial charge < -0.3 is 10.6 Å². The number of carbonyl (C=O) groups is 4. The van der Waals surface area contributed by atoms with Crippen LogP contribution in [0.25, 0.3) is 10.9 Å². The number of rotatable bonds is 12. The van der Waals surface area contributed by atoms with Crippen LogP contribution in [0.1, 0.15) is 57.5 Å². The lowest BCUT2D eigenvalue weighted by Crippen LogP contribution is -2.51. The van der Waals surface area contributed by atoms with Crippen molar-refractivity contribution < 1.29 is 27.6 Å². The van der Waals surface area contributed by atoms with Gasteiger partial charge in [0.05, 0.1) is 32.9 Å². The van der Waals surface area contributed by atoms with Gasteiger partial charge in [-0.05, 0) is 83.7 Å². The van der Waals surface area contributed by atoms with Gasteiger partial charge in [0.25, 0.3) is 11.8 Å². The average Bonchev–Trinajstić information content (AvgIpc) is 3.36. The van der Waals surface area contributed by atoms with Gasteiger partial charge in [-0.15, -0.1) is 0 Å². The number of pyridine rings is 1. The van der Waals surface area contributed by atoms with Crippen LogP contribution >= 0.6 is 15.9 Å². The Labute approximate surface area is 303 Å². The number of anilines is 2. The van der Waals surface area contributed by atoms with Gasteiger partial charge in [-0.1, -0.05) is 60.2 Å². The Morgan fingerprint density at radius 2 is 1.51 bits per heavy atom. The third-order valence-corrected chi connectivity index (χ3v) is 10.8. The first-order chi connectivity index (χ1) is 24.5. The number of aryl methyl sites for hydroxylation is 1. The number of sulfonamides is 1. The number of fused-ring (bicyclic) bond motifs is 2. The fourth-order valence-corrected chi connectivity index (χ4v) is 7.88. The van der Waals surface area contributed by atoms with Gasteiger partial charge in [-0.2, -0.15) is 0 Å². The molecule has 260 valence electrons. The molecule has 4 aromatic carbocycles. The number of carbonyl (C=O) groups excluding carboxylic acids is 4. The maximum absolute atomic E-state index is 14.7. The van der Waals surface area contributed by atoms with Crippen molar-refractivity contribution in [3.8, 4) is 0 Å². The highest BCUT2D eigenvalue weighted by atomic mass is 79.9. The molecule has 0 spiro atoms. The average molecular weight is 769 g/mol. The molecule has 0 bridgehead atoms. The van der Waals surface area contributed by atoms with Crippen molar-refractivity contribution in [2.24, 2.45) is 0 Å². The van der Waals surface area contributed by atoms with Gasteiger partial charge in [-0.3, -0.25) is 29.1 Å². The van der Waals surface area contributed by atoms with Crippen molar-refractivity contribution >= 4 is 71.9 Å². The van der Waals surface area contributed by atoms with Crippen LogP contribution in [0.5, 0.6) is 0 Å². The maximum Gasteiger partial charge on any atom is 0.262 e. The van der Waals surface area contributed by atoms with E-state index < -0.39 is 39.7 Å². The molecular formula is C38H34BrN5O6S. The van der Waals surface area contributed by atoms with Crippen molar-refractivity contribution in [1.82, 2.24) is 14.6 Å². The molecule has 0 radical (unpaired) electrons. The molecule has 51 heavy (non-hydrogen) atoms. The van der Waals surface area contributed by atoms with E-state index in [0.29, 0.717) is 26.9 Å². The molecule has 0 saturated carbocycles. The Morgan fingerprint density at radius 3 is 2.20 bits per heavy atom. The normalized spacial score (nSPS) is 13.9. The second-order valence-corrected chi connectivity index (χ2v) is 14.8. The van der Waals surface area contributed by atoms with E-state index in [1.807, 2.05) is 19.1 Å². The molecule has 2 atom stereocenters. The quantitative estimate of drug-likeness (QED) is 0.0980. The summed E-state index contributed by atoms with van der Waals surface area (Å²) in [7, 11) is -3.86. The van der Waals surface area contributed by atoms with E-state index >= 15 is 0 Å². The predicted octanol–water partition coefficient (Wildman–Crippen LogP) is 6.41. The second-order valence-electron chi connectivity index (χ2n) is 12.2. The number of amides is 4. The molecule has 0 aliphatic carbocycles. The summed E-state index contributed by atoms with van der Waals surface area (Å²) in [5, 5.41) is 6.54. The first-order valence-electron chi connectivity index (χ1n) is 16.2. The number of halogens is 1. The fraction of sp³-hybridized carbons (Fsp3) is 0.184. The number of hydrogen-bond donors (Lipinski definition) is 3. The Bertz CT molecular complexity index is 2240. The molecule has 1 aliphatic heterocycles. The Kier molecular flexibility index (Phi) is 10.4. The third-order valence-electron chi connectivity index (χ3n) is 8.71. The number of benzene rings is 4. The fourth-order valence-electron chi connectivity index (χ4n) is 6.32. The van der Waals surface area contributed by atoms with E-state index in [1.165, 1.54) is 31.2 Å². The number of hydrogen-bond acceptors (Lipinski definition) is 7. The summed E-state index contributed by atoms with van der Waals surface area (Å²) in [6.45, 7) is 3.19. The zero-order valence-electron chi connectivity index (χ0n) is 27.7. The number of nitrogens with one attached hydrogen (secondary N) is 3. The highest BCUT2D eigenvalue weighted by Gasteiger charge is 2.47. The van der Waals surface area contributed by atoms with E-state index in [1.54, 1.807) is 66.9 Å². The van der Waals surface area contributed by atoms with Crippen molar-refractivity contribution in [2.75, 3.05) is 17.2 Å². The molecule has 1 aromatic heterocycles. The molecule has 4 amide bonds. The molecule has 6 rings (SSSR count). The molecular weight excluding hydrogens is 734 g/mol. The van der Waals surface area contributed by atoms with Crippen molar-refractivity contribution in [2.45, 2.75) is 43.5 Å². The molecule has 13 heteroatoms. The van der Waals surface area contributed by atoms with Crippen LogP contribution in [0.3, 0.4) is 0 Å². The van der Waals surface area contributed by atoms with E-state index in [0.717, 1.165) is 15.8 Å². The summed E-state index contributed by atoms with van der Waals surface area (Å²) in [5.74, 6) is -3.25. The Morgan fingerprint density at radius 1 is 0.843 bits per heavy atom. The SMILES string of the molecule is CC(=O)Nc1c(Br)cccc1[C@H](CCCNS(=O)(=O)c1ccc(C)cc1)[C@@H](C(=O)Nc1cccc2cccnc12)N1C(=O)c2ccccc2C1=O. The molecule has 1 aliphatic rings. The molecule has 2 heterocycles. The summed E-state index contributed by atoms with van der Waals surface area (Å²) in [4.78, 5) is 60.8. The van der Waals surface area contributed by atoms with Gasteiger partial charge >= 0.3 is 0 Å². The van der Waals surface area contributed by atoms with Crippen LogP contribution < -0.4 is 15.4 Å². The summed E-state index contributed by atoms with van der Waals surface area (Å²) >= 11 is 3.52. The van der Waals surface area contributed by atoms with Crippen LogP contribution in [0, 0.1) is 6.92 Å². The topological polar surface area (TPSA) is 155 Å². The van der Waals surface area contributed by atoms with E-state index in [9.17, 15) is 27.6 Å². The number of imide groups is 1. The minimum Gasteiger partial charge on any atom is -0.325 e. The highest BCUT2D eigenvalue weighted by Crippen LogP contribution is 2.40. The molecule has 0 unspecified atom stereocenters. The standard InChI is InChI=1S/C38H34BrN5O6S/c1-23-17-19-26(20-18-23)51(49,50)41-22-8-14-28(27-13-6-15-31(39)34(27)42-24(2)45)35(44-37(47)29-11-3-4-12-30(29)38(44)48)36(46)43-32-16-5-9-25-10-7-21-40-33(25)32/h3-7,9-13,15-21,28,35,41H,8,14,22H2,1-2H3,(H,42,45)(H,43,46)/t28-,35-/m0/s1. The molecule has 0 saturated heterocycles. The van der Waals surface area contributed by atoms with Gasteiger partial charge in [0, 0.05) is 35.4 Å². The van der Waals surface area contributed by atoms with E-state index in [-0.39, 0.29) is 41.3 Å². The lowest BCUT2D eigenvalue weighted by molar-refractivity contribution is -0.120. The Balaban J connectivity index is 1.43. The third kappa shape index (κ3) is 7.46. The van der Waals surface area contributed by atoms with Crippen LogP contribution in [0.15, 0.2) is 113 Å². The smallest absolute Gasteiger partial charge is 0.262 e. The molecule has 3 N–H and O–H groups in total. The largest absolute Gasteiger partial charge is 0.325 e. The van der Waals surface area contributed by atoms with E-state index in [2.05, 4.69) is 36.3 Å².